The number of amides is 1. The van der Waals surface area contributed by atoms with Crippen molar-refractivity contribution in [3.8, 4) is 0 Å². The number of aromatic nitrogens is 3. The van der Waals surface area contributed by atoms with Crippen molar-refractivity contribution in [2.24, 2.45) is 5.10 Å². The molecule has 2 aromatic carbocycles. The first-order valence-electron chi connectivity index (χ1n) is 12.0. The van der Waals surface area contributed by atoms with Crippen LogP contribution in [0.25, 0.3) is 0 Å². The minimum absolute atomic E-state index is 0.0546. The van der Waals surface area contributed by atoms with Crippen LogP contribution in [0.1, 0.15) is 54.7 Å². The van der Waals surface area contributed by atoms with Gasteiger partial charge in [0.15, 0.2) is 5.82 Å². The number of thioether (sulfide) groups is 1. The van der Waals surface area contributed by atoms with Crippen LogP contribution in [-0.2, 0) is 4.79 Å². The predicted molar refractivity (Wildman–Crippen MR) is 136 cm³/mol. The molecule has 2 N–H and O–H groups in total. The van der Waals surface area contributed by atoms with Crippen LogP contribution in [0, 0.1) is 0 Å². The van der Waals surface area contributed by atoms with Gasteiger partial charge in [-0.2, -0.15) is 9.78 Å². The summed E-state index contributed by atoms with van der Waals surface area (Å²) in [5, 5.41) is 15.3. The molecule has 3 aliphatic heterocycles. The van der Waals surface area contributed by atoms with Crippen LogP contribution in [0.2, 0.25) is 5.02 Å². The van der Waals surface area contributed by atoms with Gasteiger partial charge in [0.25, 0.3) is 0 Å². The maximum atomic E-state index is 13.0. The van der Waals surface area contributed by atoms with Crippen molar-refractivity contribution in [2.45, 2.75) is 48.2 Å². The molecule has 1 aromatic heterocycles. The van der Waals surface area contributed by atoms with Crippen LogP contribution < -0.4 is 10.9 Å². The summed E-state index contributed by atoms with van der Waals surface area (Å²) in [5.74, 6) is 0.943. The number of hydrogen-bond donors (Lipinski definition) is 2. The maximum Gasteiger partial charge on any atom is 0.224 e. The van der Waals surface area contributed by atoms with E-state index >= 15 is 0 Å². The van der Waals surface area contributed by atoms with Crippen molar-refractivity contribution in [3.63, 3.8) is 0 Å². The van der Waals surface area contributed by atoms with Crippen LogP contribution in [0.3, 0.4) is 0 Å². The summed E-state index contributed by atoms with van der Waals surface area (Å²) in [7, 11) is 0. The Hall–Kier alpha value is -2.72. The Kier molecular flexibility index (Phi) is 6.32. The Morgan fingerprint density at radius 3 is 2.51 bits per heavy atom. The number of hydrogen-bond acceptors (Lipinski definition) is 7. The molecule has 0 saturated carbocycles. The summed E-state index contributed by atoms with van der Waals surface area (Å²) in [6.07, 6.45) is 3.38. The van der Waals surface area contributed by atoms with Crippen LogP contribution in [0.4, 0.5) is 0 Å². The van der Waals surface area contributed by atoms with Crippen molar-refractivity contribution in [1.29, 1.82) is 0 Å². The van der Waals surface area contributed by atoms with Gasteiger partial charge >= 0.3 is 0 Å². The number of nitrogens with zero attached hydrogens (tertiary/aromatic N) is 5. The highest BCUT2D eigenvalue weighted by Gasteiger charge is 2.36. The maximum absolute atomic E-state index is 13.0. The molecule has 3 atom stereocenters. The number of hydrazine groups is 1. The van der Waals surface area contributed by atoms with Crippen LogP contribution in [0.15, 0.2) is 64.9 Å². The van der Waals surface area contributed by atoms with Gasteiger partial charge in [-0.15, -0.1) is 10.2 Å². The van der Waals surface area contributed by atoms with Gasteiger partial charge in [0.2, 0.25) is 11.1 Å². The summed E-state index contributed by atoms with van der Waals surface area (Å²) in [6, 6.07) is 18.0. The van der Waals surface area contributed by atoms with E-state index in [1.807, 2.05) is 64.2 Å². The Bertz CT molecular complexity index is 1240. The number of nitrogens with one attached hydrogen (secondary N) is 2. The van der Waals surface area contributed by atoms with Crippen LogP contribution in [-0.4, -0.2) is 49.7 Å². The van der Waals surface area contributed by atoms with E-state index in [4.69, 9.17) is 16.7 Å². The summed E-state index contributed by atoms with van der Waals surface area (Å²) in [5.41, 5.74) is 9.79. The highest BCUT2D eigenvalue weighted by atomic mass is 35.5. The molecular formula is C25H26ClN7OS. The number of carbonyl (C=O) groups is 1. The number of rotatable bonds is 5. The standard InChI is InChI=1S/C25H26ClN7OS/c26-18-10-8-16(9-11-18)19-14-20(28-27-19)24-29-30-25-33(24)31-23(17-6-2-1-3-7-17)21(35-25)15-22(34)32-12-4-5-13-32/h1-3,6-11,19-21,27-28H,4-5,12-15H2. The fourth-order valence-electron chi connectivity index (χ4n) is 4.90. The zero-order valence-corrected chi connectivity index (χ0v) is 20.7. The smallest absolute Gasteiger partial charge is 0.224 e. The number of halogens is 1. The second kappa shape index (κ2) is 9.73. The van der Waals surface area contributed by atoms with Crippen molar-refractivity contribution in [3.05, 3.63) is 76.6 Å². The lowest BCUT2D eigenvalue weighted by atomic mass is 10.0. The topological polar surface area (TPSA) is 87.4 Å². The van der Waals surface area contributed by atoms with Crippen LogP contribution >= 0.6 is 23.4 Å². The quantitative estimate of drug-likeness (QED) is 0.543. The largest absolute Gasteiger partial charge is 0.343 e. The van der Waals surface area contributed by atoms with E-state index in [-0.39, 0.29) is 23.2 Å². The van der Waals surface area contributed by atoms with Gasteiger partial charge in [-0.05, 0) is 42.5 Å². The van der Waals surface area contributed by atoms with Gasteiger partial charge in [-0.25, -0.2) is 10.9 Å². The van der Waals surface area contributed by atoms with Crippen molar-refractivity contribution < 1.29 is 4.79 Å². The summed E-state index contributed by atoms with van der Waals surface area (Å²) >= 11 is 7.63. The van der Waals surface area contributed by atoms with Crippen molar-refractivity contribution >= 4 is 35.0 Å². The lowest BCUT2D eigenvalue weighted by Gasteiger charge is -2.25. The molecule has 6 rings (SSSR count). The number of fused-ring (bicyclic) bond motifs is 1. The molecule has 8 nitrogen and oxygen atoms in total. The second-order valence-electron chi connectivity index (χ2n) is 9.08. The molecule has 2 fully saturated rings. The molecule has 35 heavy (non-hydrogen) atoms. The van der Waals surface area contributed by atoms with Gasteiger partial charge < -0.3 is 4.90 Å². The normalized spacial score (nSPS) is 23.9. The monoisotopic (exact) mass is 507 g/mol. The molecule has 2 saturated heterocycles. The SMILES string of the molecule is O=C(CC1Sc2nnc(C3CC(c4ccc(Cl)cc4)NN3)n2N=C1c1ccccc1)N1CCCC1. The molecule has 0 spiro atoms. The molecule has 3 aromatic rings. The molecule has 10 heteroatoms. The molecule has 3 unspecified atom stereocenters. The molecule has 1 amide bonds. The summed E-state index contributed by atoms with van der Waals surface area (Å²) < 4.78 is 1.84. The summed E-state index contributed by atoms with van der Waals surface area (Å²) in [6.45, 7) is 1.70. The van der Waals surface area contributed by atoms with E-state index in [9.17, 15) is 4.79 Å². The molecule has 0 bridgehead atoms. The zero-order valence-electron chi connectivity index (χ0n) is 19.1. The van der Waals surface area contributed by atoms with Gasteiger partial charge in [0, 0.05) is 30.6 Å². The average Bonchev–Trinajstić information content (AvgIpc) is 3.65. The first-order chi connectivity index (χ1) is 17.2. The number of likely N-dealkylation sites (tertiary alicyclic amines) is 1. The second-order valence-corrected chi connectivity index (χ2v) is 10.7. The minimum atomic E-state index is -0.105. The zero-order chi connectivity index (χ0) is 23.8. The highest BCUT2D eigenvalue weighted by molar-refractivity contribution is 8.00. The van der Waals surface area contributed by atoms with Gasteiger partial charge in [-0.1, -0.05) is 65.8 Å². The van der Waals surface area contributed by atoms with Gasteiger partial charge in [0.1, 0.15) is 0 Å². The fraction of sp³-hybridized carbons (Fsp3) is 0.360. The third-order valence-corrected chi connectivity index (χ3v) is 8.16. The molecule has 3 aliphatic rings. The third kappa shape index (κ3) is 4.61. The van der Waals surface area contributed by atoms with Gasteiger partial charge in [0.05, 0.1) is 17.0 Å². The minimum Gasteiger partial charge on any atom is -0.343 e. The van der Waals surface area contributed by atoms with E-state index in [1.54, 1.807) is 11.8 Å². The first kappa shape index (κ1) is 22.7. The number of carbonyl (C=O) groups excluding carboxylic acids is 1. The van der Waals surface area contributed by atoms with E-state index in [0.717, 1.165) is 65.2 Å². The lowest BCUT2D eigenvalue weighted by molar-refractivity contribution is -0.129. The predicted octanol–water partition coefficient (Wildman–Crippen LogP) is 3.95. The third-order valence-electron chi connectivity index (χ3n) is 6.77. The Morgan fingerprint density at radius 2 is 1.74 bits per heavy atom. The van der Waals surface area contributed by atoms with Crippen molar-refractivity contribution in [1.82, 2.24) is 30.6 Å². The highest BCUT2D eigenvalue weighted by Crippen LogP contribution is 2.37. The van der Waals surface area contributed by atoms with E-state index in [1.165, 1.54) is 0 Å². The molecule has 180 valence electrons. The van der Waals surface area contributed by atoms with Crippen LogP contribution in [0.5, 0.6) is 0 Å². The Labute approximate surface area is 213 Å². The average molecular weight is 508 g/mol. The van der Waals surface area contributed by atoms with E-state index in [0.29, 0.717) is 6.42 Å². The first-order valence-corrected chi connectivity index (χ1v) is 13.2. The molecule has 4 heterocycles. The van der Waals surface area contributed by atoms with Gasteiger partial charge in [-0.3, -0.25) is 4.79 Å². The summed E-state index contributed by atoms with van der Waals surface area (Å²) in [4.78, 5) is 15.0. The molecule has 0 aliphatic carbocycles. The van der Waals surface area contributed by atoms with E-state index < -0.39 is 0 Å². The molecule has 0 radical (unpaired) electrons. The fourth-order valence-corrected chi connectivity index (χ4v) is 6.12. The van der Waals surface area contributed by atoms with E-state index in [2.05, 4.69) is 21.0 Å². The Morgan fingerprint density at radius 1 is 1.00 bits per heavy atom. The van der Waals surface area contributed by atoms with Crippen molar-refractivity contribution in [2.75, 3.05) is 13.1 Å². The Balaban J connectivity index is 1.28. The lowest BCUT2D eigenvalue weighted by Crippen LogP contribution is -2.34. The molecular weight excluding hydrogens is 482 g/mol. The number of benzene rings is 2.